The molecule has 0 spiro atoms. The van der Waals surface area contributed by atoms with E-state index < -0.39 is 0 Å². The third-order valence-corrected chi connectivity index (χ3v) is 4.01. The van der Waals surface area contributed by atoms with Gasteiger partial charge in [0.15, 0.2) is 0 Å². The van der Waals surface area contributed by atoms with Gasteiger partial charge >= 0.3 is 0 Å². The van der Waals surface area contributed by atoms with E-state index in [9.17, 15) is 4.79 Å². The summed E-state index contributed by atoms with van der Waals surface area (Å²) < 4.78 is 0. The van der Waals surface area contributed by atoms with E-state index in [-0.39, 0.29) is 5.91 Å². The van der Waals surface area contributed by atoms with Gasteiger partial charge in [0.05, 0.1) is 5.69 Å². The third-order valence-electron chi connectivity index (χ3n) is 3.21. The maximum absolute atomic E-state index is 12.4. The molecule has 2 rings (SSSR count). The zero-order valence-corrected chi connectivity index (χ0v) is 13.4. The molecule has 2 aromatic rings. The SMILES string of the molecule is CCNc1ccc(C(=O)Nc2ccccc2SC)cc1C. The number of aryl methyl sites for hydroxylation is 1. The molecule has 0 unspecified atom stereocenters. The molecular formula is C17H20N2OS. The Hall–Kier alpha value is -1.94. The predicted molar refractivity (Wildman–Crippen MR) is 91.5 cm³/mol. The molecule has 1 amide bonds. The molecule has 110 valence electrons. The summed E-state index contributed by atoms with van der Waals surface area (Å²) in [7, 11) is 0. The number of hydrogen-bond donors (Lipinski definition) is 2. The Kier molecular flexibility index (Phi) is 5.28. The first-order chi connectivity index (χ1) is 10.2. The highest BCUT2D eigenvalue weighted by atomic mass is 32.2. The summed E-state index contributed by atoms with van der Waals surface area (Å²) in [5.41, 5.74) is 3.66. The minimum atomic E-state index is -0.0809. The molecule has 0 radical (unpaired) electrons. The lowest BCUT2D eigenvalue weighted by Crippen LogP contribution is -2.13. The normalized spacial score (nSPS) is 10.2. The Morgan fingerprint density at radius 1 is 1.14 bits per heavy atom. The van der Waals surface area contributed by atoms with Crippen molar-refractivity contribution < 1.29 is 4.79 Å². The van der Waals surface area contributed by atoms with Gasteiger partial charge in [0, 0.05) is 22.7 Å². The van der Waals surface area contributed by atoms with Crippen LogP contribution in [0, 0.1) is 6.92 Å². The maximum Gasteiger partial charge on any atom is 0.255 e. The first-order valence-corrected chi connectivity index (χ1v) is 8.17. The molecule has 0 bridgehead atoms. The zero-order valence-electron chi connectivity index (χ0n) is 12.6. The van der Waals surface area contributed by atoms with Crippen LogP contribution in [0.5, 0.6) is 0 Å². The molecule has 0 saturated carbocycles. The summed E-state index contributed by atoms with van der Waals surface area (Å²) in [6.07, 6.45) is 2.00. The van der Waals surface area contributed by atoms with Gasteiger partial charge in [0.1, 0.15) is 0 Å². The average molecular weight is 300 g/mol. The van der Waals surface area contributed by atoms with Crippen molar-refractivity contribution in [1.29, 1.82) is 0 Å². The Labute approximate surface area is 130 Å². The Bertz CT molecular complexity index is 640. The van der Waals surface area contributed by atoms with Crippen molar-refractivity contribution in [3.05, 3.63) is 53.6 Å². The smallest absolute Gasteiger partial charge is 0.255 e. The van der Waals surface area contributed by atoms with Crippen molar-refractivity contribution in [3.63, 3.8) is 0 Å². The van der Waals surface area contributed by atoms with Gasteiger partial charge in [0.25, 0.3) is 5.91 Å². The summed E-state index contributed by atoms with van der Waals surface area (Å²) in [5, 5.41) is 6.25. The van der Waals surface area contributed by atoms with E-state index in [1.807, 2.05) is 55.6 Å². The molecule has 0 aliphatic carbocycles. The number of amides is 1. The van der Waals surface area contributed by atoms with Gasteiger partial charge in [0.2, 0.25) is 0 Å². The predicted octanol–water partition coefficient (Wildman–Crippen LogP) is 4.40. The second kappa shape index (κ2) is 7.18. The lowest BCUT2D eigenvalue weighted by Gasteiger charge is -2.11. The Morgan fingerprint density at radius 3 is 2.57 bits per heavy atom. The fraction of sp³-hybridized carbons (Fsp3) is 0.235. The van der Waals surface area contributed by atoms with E-state index in [4.69, 9.17) is 0 Å². The van der Waals surface area contributed by atoms with Crippen LogP contribution in [0.25, 0.3) is 0 Å². The molecule has 2 aromatic carbocycles. The fourth-order valence-electron chi connectivity index (χ4n) is 2.14. The average Bonchev–Trinajstić information content (AvgIpc) is 2.50. The van der Waals surface area contributed by atoms with Gasteiger partial charge in [-0.2, -0.15) is 0 Å². The zero-order chi connectivity index (χ0) is 15.2. The molecule has 0 saturated heterocycles. The van der Waals surface area contributed by atoms with Crippen LogP contribution >= 0.6 is 11.8 Å². The quantitative estimate of drug-likeness (QED) is 0.804. The molecule has 0 heterocycles. The van der Waals surface area contributed by atoms with Gasteiger partial charge in [-0.15, -0.1) is 11.8 Å². The lowest BCUT2D eigenvalue weighted by molar-refractivity contribution is 0.102. The molecule has 0 aliphatic rings. The molecule has 3 nitrogen and oxygen atoms in total. The largest absolute Gasteiger partial charge is 0.385 e. The third kappa shape index (κ3) is 3.79. The highest BCUT2D eigenvalue weighted by Gasteiger charge is 2.10. The van der Waals surface area contributed by atoms with Gasteiger partial charge in [-0.3, -0.25) is 4.79 Å². The molecule has 21 heavy (non-hydrogen) atoms. The second-order valence-corrected chi connectivity index (χ2v) is 5.56. The van der Waals surface area contributed by atoms with E-state index in [0.29, 0.717) is 5.56 Å². The molecule has 0 aromatic heterocycles. The van der Waals surface area contributed by atoms with Crippen LogP contribution in [-0.4, -0.2) is 18.7 Å². The Balaban J connectivity index is 2.19. The maximum atomic E-state index is 12.4. The second-order valence-electron chi connectivity index (χ2n) is 4.71. The summed E-state index contributed by atoms with van der Waals surface area (Å²) in [4.78, 5) is 13.4. The highest BCUT2D eigenvalue weighted by Crippen LogP contribution is 2.25. The van der Waals surface area contributed by atoms with Crippen LogP contribution in [-0.2, 0) is 0 Å². The van der Waals surface area contributed by atoms with E-state index >= 15 is 0 Å². The van der Waals surface area contributed by atoms with Crippen LogP contribution in [0.2, 0.25) is 0 Å². The molecule has 4 heteroatoms. The molecule has 2 N–H and O–H groups in total. The summed E-state index contributed by atoms with van der Waals surface area (Å²) >= 11 is 1.62. The number of thioether (sulfide) groups is 1. The van der Waals surface area contributed by atoms with Crippen LogP contribution in [0.1, 0.15) is 22.8 Å². The van der Waals surface area contributed by atoms with Crippen molar-refractivity contribution in [2.45, 2.75) is 18.7 Å². The lowest BCUT2D eigenvalue weighted by atomic mass is 10.1. The molecule has 0 aliphatic heterocycles. The van der Waals surface area contributed by atoms with Gasteiger partial charge in [-0.1, -0.05) is 12.1 Å². The number of carbonyl (C=O) groups is 1. The number of hydrogen-bond acceptors (Lipinski definition) is 3. The number of para-hydroxylation sites is 1. The van der Waals surface area contributed by atoms with Crippen LogP contribution in [0.3, 0.4) is 0 Å². The van der Waals surface area contributed by atoms with E-state index in [0.717, 1.165) is 28.4 Å². The fourth-order valence-corrected chi connectivity index (χ4v) is 2.69. The Morgan fingerprint density at radius 2 is 1.90 bits per heavy atom. The monoisotopic (exact) mass is 300 g/mol. The molecule has 0 atom stereocenters. The van der Waals surface area contributed by atoms with Crippen molar-refractivity contribution in [3.8, 4) is 0 Å². The van der Waals surface area contributed by atoms with Crippen molar-refractivity contribution in [2.24, 2.45) is 0 Å². The standard InChI is InChI=1S/C17H20N2OS/c1-4-18-14-10-9-13(11-12(14)2)17(20)19-15-7-5-6-8-16(15)21-3/h5-11,18H,4H2,1-3H3,(H,19,20). The highest BCUT2D eigenvalue weighted by molar-refractivity contribution is 7.98. The van der Waals surface area contributed by atoms with Crippen LogP contribution in [0.15, 0.2) is 47.4 Å². The number of nitrogens with one attached hydrogen (secondary N) is 2. The van der Waals surface area contributed by atoms with Gasteiger partial charge in [-0.05, 0) is 56.0 Å². The van der Waals surface area contributed by atoms with Crippen molar-refractivity contribution in [2.75, 3.05) is 23.4 Å². The summed E-state index contributed by atoms with van der Waals surface area (Å²) in [6.45, 7) is 4.93. The number of anilines is 2. The number of rotatable bonds is 5. The van der Waals surface area contributed by atoms with Crippen LogP contribution in [0.4, 0.5) is 11.4 Å². The van der Waals surface area contributed by atoms with E-state index in [1.165, 1.54) is 0 Å². The van der Waals surface area contributed by atoms with Crippen molar-refractivity contribution in [1.82, 2.24) is 0 Å². The minimum Gasteiger partial charge on any atom is -0.385 e. The number of benzene rings is 2. The van der Waals surface area contributed by atoms with Gasteiger partial charge < -0.3 is 10.6 Å². The minimum absolute atomic E-state index is 0.0809. The van der Waals surface area contributed by atoms with E-state index in [2.05, 4.69) is 17.6 Å². The molecule has 0 fully saturated rings. The summed E-state index contributed by atoms with van der Waals surface area (Å²) in [5.74, 6) is -0.0809. The van der Waals surface area contributed by atoms with Gasteiger partial charge in [-0.25, -0.2) is 0 Å². The van der Waals surface area contributed by atoms with E-state index in [1.54, 1.807) is 11.8 Å². The number of carbonyl (C=O) groups excluding carboxylic acids is 1. The van der Waals surface area contributed by atoms with Crippen molar-refractivity contribution >= 4 is 29.0 Å². The topological polar surface area (TPSA) is 41.1 Å². The summed E-state index contributed by atoms with van der Waals surface area (Å²) in [6, 6.07) is 13.5. The first kappa shape index (κ1) is 15.4. The van der Waals surface area contributed by atoms with Crippen LogP contribution < -0.4 is 10.6 Å². The first-order valence-electron chi connectivity index (χ1n) is 6.94. The molecular weight excluding hydrogens is 280 g/mol.